The molecule has 3 N–H and O–H groups in total. The molecular formula is C10H21FN2. The molecule has 0 aromatic carbocycles. The van der Waals surface area contributed by atoms with Crippen LogP contribution in [-0.2, 0) is 0 Å². The van der Waals surface area contributed by atoms with Crippen LogP contribution < -0.4 is 11.1 Å². The van der Waals surface area contributed by atoms with Crippen LogP contribution in [0.3, 0.4) is 0 Å². The van der Waals surface area contributed by atoms with Gasteiger partial charge in [-0.15, -0.1) is 0 Å². The monoisotopic (exact) mass is 188 g/mol. The van der Waals surface area contributed by atoms with Crippen molar-refractivity contribution in [3.05, 3.63) is 0 Å². The van der Waals surface area contributed by atoms with Crippen LogP contribution in [0.25, 0.3) is 0 Å². The second-order valence-corrected chi connectivity index (χ2v) is 4.18. The van der Waals surface area contributed by atoms with Crippen molar-refractivity contribution in [3.63, 3.8) is 0 Å². The molecule has 0 radical (unpaired) electrons. The maximum atomic E-state index is 13.0. The Morgan fingerprint density at radius 2 is 2.31 bits per heavy atom. The molecule has 0 aliphatic heterocycles. The summed E-state index contributed by atoms with van der Waals surface area (Å²) in [5.41, 5.74) is 5.88. The number of alkyl halides is 1. The van der Waals surface area contributed by atoms with Crippen molar-refractivity contribution in [2.75, 3.05) is 13.6 Å². The maximum absolute atomic E-state index is 13.0. The summed E-state index contributed by atoms with van der Waals surface area (Å²) >= 11 is 0. The fraction of sp³-hybridized carbons (Fsp3) is 1.00. The zero-order chi connectivity index (χ0) is 9.68. The Morgan fingerprint density at radius 1 is 1.54 bits per heavy atom. The number of rotatable bonds is 4. The lowest BCUT2D eigenvalue weighted by Crippen LogP contribution is -2.35. The standard InChI is InChI=1S/C10H21FN2/c1-13-7-10(12)6-8-3-2-4-9(11)5-8/h8-10,13H,2-7,12H2,1H3. The molecule has 78 valence electrons. The highest BCUT2D eigenvalue weighted by Gasteiger charge is 2.22. The summed E-state index contributed by atoms with van der Waals surface area (Å²) in [5.74, 6) is 0.520. The van der Waals surface area contributed by atoms with Gasteiger partial charge in [-0.25, -0.2) is 4.39 Å². The summed E-state index contributed by atoms with van der Waals surface area (Å²) in [6.07, 6.45) is 4.10. The van der Waals surface area contributed by atoms with Gasteiger partial charge in [0.2, 0.25) is 0 Å². The quantitative estimate of drug-likeness (QED) is 0.701. The molecule has 13 heavy (non-hydrogen) atoms. The van der Waals surface area contributed by atoms with E-state index in [1.807, 2.05) is 7.05 Å². The van der Waals surface area contributed by atoms with Gasteiger partial charge < -0.3 is 11.1 Å². The second kappa shape index (κ2) is 5.55. The molecule has 0 heterocycles. The molecule has 0 amide bonds. The highest BCUT2D eigenvalue weighted by molar-refractivity contribution is 4.77. The highest BCUT2D eigenvalue weighted by Crippen LogP contribution is 2.29. The van der Waals surface area contributed by atoms with Gasteiger partial charge in [-0.2, -0.15) is 0 Å². The van der Waals surface area contributed by atoms with Crippen molar-refractivity contribution < 1.29 is 4.39 Å². The minimum Gasteiger partial charge on any atom is -0.327 e. The van der Waals surface area contributed by atoms with E-state index in [-0.39, 0.29) is 6.04 Å². The molecule has 0 spiro atoms. The van der Waals surface area contributed by atoms with E-state index in [0.717, 1.165) is 38.6 Å². The Hall–Kier alpha value is -0.150. The van der Waals surface area contributed by atoms with E-state index < -0.39 is 6.17 Å². The molecular weight excluding hydrogens is 167 g/mol. The third kappa shape index (κ3) is 4.05. The molecule has 1 rings (SSSR count). The Balaban J connectivity index is 2.19. The van der Waals surface area contributed by atoms with Crippen LogP contribution in [-0.4, -0.2) is 25.8 Å². The van der Waals surface area contributed by atoms with Gasteiger partial charge in [-0.05, 0) is 32.2 Å². The minimum absolute atomic E-state index is 0.195. The molecule has 1 aliphatic rings. The van der Waals surface area contributed by atoms with Crippen molar-refractivity contribution in [2.24, 2.45) is 11.7 Å². The number of hydrogen-bond donors (Lipinski definition) is 2. The predicted molar refractivity (Wildman–Crippen MR) is 53.4 cm³/mol. The van der Waals surface area contributed by atoms with Crippen LogP contribution in [0.15, 0.2) is 0 Å². The van der Waals surface area contributed by atoms with Gasteiger partial charge in [-0.3, -0.25) is 0 Å². The average Bonchev–Trinajstić information content (AvgIpc) is 2.04. The first kappa shape index (κ1) is 10.9. The van der Waals surface area contributed by atoms with E-state index in [9.17, 15) is 4.39 Å². The summed E-state index contributed by atoms with van der Waals surface area (Å²) < 4.78 is 13.0. The molecule has 1 aliphatic carbocycles. The van der Waals surface area contributed by atoms with Gasteiger partial charge in [0.1, 0.15) is 6.17 Å². The van der Waals surface area contributed by atoms with E-state index in [0.29, 0.717) is 5.92 Å². The first-order valence-corrected chi connectivity index (χ1v) is 5.26. The third-order valence-electron chi connectivity index (χ3n) is 2.82. The molecule has 3 heteroatoms. The summed E-state index contributed by atoms with van der Waals surface area (Å²) in [7, 11) is 1.90. The van der Waals surface area contributed by atoms with Crippen LogP contribution in [0.4, 0.5) is 4.39 Å². The van der Waals surface area contributed by atoms with Crippen LogP contribution in [0, 0.1) is 5.92 Å². The van der Waals surface area contributed by atoms with Gasteiger partial charge in [0.05, 0.1) is 0 Å². The topological polar surface area (TPSA) is 38.0 Å². The van der Waals surface area contributed by atoms with Crippen LogP contribution in [0.2, 0.25) is 0 Å². The summed E-state index contributed by atoms with van der Waals surface area (Å²) in [5, 5.41) is 3.05. The molecule has 0 aromatic rings. The SMILES string of the molecule is CNCC(N)CC1CCCC(F)C1. The maximum Gasteiger partial charge on any atom is 0.100 e. The van der Waals surface area contributed by atoms with E-state index in [4.69, 9.17) is 5.73 Å². The molecule has 2 nitrogen and oxygen atoms in total. The number of nitrogens with two attached hydrogens (primary N) is 1. The van der Waals surface area contributed by atoms with Crippen molar-refractivity contribution in [1.82, 2.24) is 5.32 Å². The Morgan fingerprint density at radius 3 is 2.92 bits per heavy atom. The fourth-order valence-corrected chi connectivity index (χ4v) is 2.21. The number of halogens is 1. The van der Waals surface area contributed by atoms with Crippen molar-refractivity contribution in [3.8, 4) is 0 Å². The number of hydrogen-bond acceptors (Lipinski definition) is 2. The van der Waals surface area contributed by atoms with Gasteiger partial charge in [0.25, 0.3) is 0 Å². The van der Waals surface area contributed by atoms with Crippen LogP contribution >= 0.6 is 0 Å². The van der Waals surface area contributed by atoms with Gasteiger partial charge in [0.15, 0.2) is 0 Å². The fourth-order valence-electron chi connectivity index (χ4n) is 2.21. The second-order valence-electron chi connectivity index (χ2n) is 4.18. The van der Waals surface area contributed by atoms with Crippen molar-refractivity contribution in [2.45, 2.75) is 44.3 Å². The van der Waals surface area contributed by atoms with Crippen LogP contribution in [0.5, 0.6) is 0 Å². The van der Waals surface area contributed by atoms with Crippen molar-refractivity contribution in [1.29, 1.82) is 0 Å². The van der Waals surface area contributed by atoms with E-state index in [1.165, 1.54) is 0 Å². The smallest absolute Gasteiger partial charge is 0.100 e. The third-order valence-corrected chi connectivity index (χ3v) is 2.82. The lowest BCUT2D eigenvalue weighted by atomic mass is 9.84. The summed E-state index contributed by atoms with van der Waals surface area (Å²) in [6.45, 7) is 0.841. The summed E-state index contributed by atoms with van der Waals surface area (Å²) in [4.78, 5) is 0. The molecule has 1 fully saturated rings. The normalized spacial score (nSPS) is 31.6. The van der Waals surface area contributed by atoms with E-state index in [2.05, 4.69) is 5.32 Å². The molecule has 0 aromatic heterocycles. The Labute approximate surface area is 80.1 Å². The lowest BCUT2D eigenvalue weighted by molar-refractivity contribution is 0.186. The van der Waals surface area contributed by atoms with Gasteiger partial charge in [-0.1, -0.05) is 12.8 Å². The Kier molecular flexibility index (Phi) is 4.67. The molecule has 3 unspecified atom stereocenters. The molecule has 1 saturated carbocycles. The predicted octanol–water partition coefficient (Wildman–Crippen LogP) is 1.45. The minimum atomic E-state index is -0.569. The first-order chi connectivity index (χ1) is 6.22. The largest absolute Gasteiger partial charge is 0.327 e. The molecule has 3 atom stereocenters. The molecule has 0 bridgehead atoms. The van der Waals surface area contributed by atoms with Gasteiger partial charge >= 0.3 is 0 Å². The zero-order valence-corrected chi connectivity index (χ0v) is 8.43. The van der Waals surface area contributed by atoms with E-state index >= 15 is 0 Å². The zero-order valence-electron chi connectivity index (χ0n) is 8.43. The Bertz CT molecular complexity index is 141. The highest BCUT2D eigenvalue weighted by atomic mass is 19.1. The van der Waals surface area contributed by atoms with Crippen LogP contribution in [0.1, 0.15) is 32.1 Å². The summed E-state index contributed by atoms with van der Waals surface area (Å²) in [6, 6.07) is 0.195. The number of likely N-dealkylation sites (N-methyl/N-ethyl adjacent to an activating group) is 1. The average molecular weight is 188 g/mol. The van der Waals surface area contributed by atoms with Crippen molar-refractivity contribution >= 4 is 0 Å². The first-order valence-electron chi connectivity index (χ1n) is 5.26. The lowest BCUT2D eigenvalue weighted by Gasteiger charge is -2.26. The van der Waals surface area contributed by atoms with E-state index in [1.54, 1.807) is 0 Å². The number of nitrogens with one attached hydrogen (secondary N) is 1. The molecule has 0 saturated heterocycles. The van der Waals surface area contributed by atoms with Gasteiger partial charge in [0, 0.05) is 12.6 Å².